The van der Waals surface area contributed by atoms with Crippen molar-refractivity contribution in [1.29, 1.82) is 0 Å². The molecule has 25 heavy (non-hydrogen) atoms. The van der Waals surface area contributed by atoms with Gasteiger partial charge in [-0.05, 0) is 36.6 Å². The minimum absolute atomic E-state index is 0.0934. The number of oxazole rings is 1. The van der Waals surface area contributed by atoms with Gasteiger partial charge in [0, 0.05) is 23.7 Å². The van der Waals surface area contributed by atoms with Gasteiger partial charge in [-0.2, -0.15) is 0 Å². The van der Waals surface area contributed by atoms with Gasteiger partial charge in [-0.15, -0.1) is 0 Å². The van der Waals surface area contributed by atoms with E-state index in [-0.39, 0.29) is 24.8 Å². The summed E-state index contributed by atoms with van der Waals surface area (Å²) in [6.07, 6.45) is 2.16. The van der Waals surface area contributed by atoms with E-state index in [9.17, 15) is 14.7 Å². The molecular weight excluding hydrogens is 344 g/mol. The molecule has 1 N–H and O–H groups in total. The molecule has 1 aliphatic rings. The summed E-state index contributed by atoms with van der Waals surface area (Å²) in [5.41, 5.74) is 1.31. The molecule has 0 aliphatic carbocycles. The monoisotopic (exact) mass is 362 g/mol. The standard InChI is InChI=1S/C18H19ClN2O4/c1-11-6-13(18(23)24)9-21(8-11)16(22)7-15-10-25-17(20-15)12-2-4-14(19)5-3-12/h2-5,10-11,13H,6-9H2,1H3,(H,23,24). The molecule has 1 saturated heterocycles. The van der Waals surface area contributed by atoms with E-state index in [0.29, 0.717) is 29.6 Å². The number of halogens is 1. The summed E-state index contributed by atoms with van der Waals surface area (Å²) >= 11 is 5.86. The van der Waals surface area contributed by atoms with Crippen molar-refractivity contribution in [2.75, 3.05) is 13.1 Å². The topological polar surface area (TPSA) is 83.6 Å². The molecule has 6 nitrogen and oxygen atoms in total. The number of carbonyl (C=O) groups excluding carboxylic acids is 1. The molecule has 2 unspecified atom stereocenters. The molecule has 0 saturated carbocycles. The Kier molecular flexibility index (Phi) is 5.08. The number of carboxylic acid groups (broad SMARTS) is 1. The van der Waals surface area contributed by atoms with Gasteiger partial charge >= 0.3 is 5.97 Å². The maximum Gasteiger partial charge on any atom is 0.308 e. The first-order valence-electron chi connectivity index (χ1n) is 8.13. The average Bonchev–Trinajstić information content (AvgIpc) is 3.03. The molecule has 2 heterocycles. The molecule has 1 aromatic heterocycles. The fraction of sp³-hybridized carbons (Fsp3) is 0.389. The number of aromatic nitrogens is 1. The van der Waals surface area contributed by atoms with Crippen LogP contribution in [0.3, 0.4) is 0 Å². The van der Waals surface area contributed by atoms with Crippen LogP contribution in [0.5, 0.6) is 0 Å². The maximum atomic E-state index is 12.5. The van der Waals surface area contributed by atoms with E-state index in [0.717, 1.165) is 5.56 Å². The minimum atomic E-state index is -0.851. The number of aliphatic carboxylic acids is 1. The van der Waals surface area contributed by atoms with E-state index in [1.165, 1.54) is 6.26 Å². The number of carbonyl (C=O) groups is 2. The molecule has 0 spiro atoms. The van der Waals surface area contributed by atoms with Crippen LogP contribution in [0.2, 0.25) is 5.02 Å². The Morgan fingerprint density at radius 2 is 2.04 bits per heavy atom. The summed E-state index contributed by atoms with van der Waals surface area (Å²) in [7, 11) is 0. The summed E-state index contributed by atoms with van der Waals surface area (Å²) < 4.78 is 5.44. The second-order valence-electron chi connectivity index (χ2n) is 6.50. The van der Waals surface area contributed by atoms with Gasteiger partial charge in [-0.3, -0.25) is 9.59 Å². The fourth-order valence-electron chi connectivity index (χ4n) is 3.11. The highest BCUT2D eigenvalue weighted by Crippen LogP contribution is 2.24. The number of amides is 1. The van der Waals surface area contributed by atoms with E-state index in [1.54, 1.807) is 29.2 Å². The van der Waals surface area contributed by atoms with Crippen LogP contribution in [0.4, 0.5) is 0 Å². The zero-order valence-electron chi connectivity index (χ0n) is 13.8. The number of rotatable bonds is 4. The summed E-state index contributed by atoms with van der Waals surface area (Å²) in [4.78, 5) is 29.7. The SMILES string of the molecule is CC1CC(C(=O)O)CN(C(=O)Cc2coc(-c3ccc(Cl)cc3)n2)C1. The first-order chi connectivity index (χ1) is 11.9. The lowest BCUT2D eigenvalue weighted by atomic mass is 9.90. The lowest BCUT2D eigenvalue weighted by molar-refractivity contribution is -0.146. The fourth-order valence-corrected chi connectivity index (χ4v) is 3.24. The highest BCUT2D eigenvalue weighted by molar-refractivity contribution is 6.30. The van der Waals surface area contributed by atoms with Crippen LogP contribution in [-0.2, 0) is 16.0 Å². The second kappa shape index (κ2) is 7.27. The van der Waals surface area contributed by atoms with E-state index in [1.807, 2.05) is 6.92 Å². The van der Waals surface area contributed by atoms with Crippen molar-refractivity contribution in [3.05, 3.63) is 41.2 Å². The summed E-state index contributed by atoms with van der Waals surface area (Å²) in [5.74, 6) is -0.894. The van der Waals surface area contributed by atoms with E-state index in [2.05, 4.69) is 4.98 Å². The van der Waals surface area contributed by atoms with E-state index < -0.39 is 11.9 Å². The lowest BCUT2D eigenvalue weighted by Gasteiger charge is -2.34. The predicted octanol–water partition coefficient (Wildman–Crippen LogP) is 3.11. The third kappa shape index (κ3) is 4.20. The van der Waals surface area contributed by atoms with Crippen molar-refractivity contribution in [2.45, 2.75) is 19.8 Å². The van der Waals surface area contributed by atoms with Crippen LogP contribution >= 0.6 is 11.6 Å². The third-order valence-electron chi connectivity index (χ3n) is 4.34. The van der Waals surface area contributed by atoms with Crippen LogP contribution < -0.4 is 0 Å². The van der Waals surface area contributed by atoms with Crippen molar-refractivity contribution in [3.8, 4) is 11.5 Å². The minimum Gasteiger partial charge on any atom is -0.481 e. The van der Waals surface area contributed by atoms with Crippen LogP contribution in [0.1, 0.15) is 19.0 Å². The second-order valence-corrected chi connectivity index (χ2v) is 6.94. The molecule has 3 rings (SSSR count). The van der Waals surface area contributed by atoms with E-state index in [4.69, 9.17) is 16.0 Å². The van der Waals surface area contributed by atoms with Gasteiger partial charge in [0.05, 0.1) is 18.0 Å². The molecule has 1 fully saturated rings. The highest BCUT2D eigenvalue weighted by Gasteiger charge is 2.32. The average molecular weight is 363 g/mol. The van der Waals surface area contributed by atoms with Gasteiger partial charge in [0.25, 0.3) is 0 Å². The Bertz CT molecular complexity index is 772. The quantitative estimate of drug-likeness (QED) is 0.903. The molecule has 2 aromatic rings. The first kappa shape index (κ1) is 17.5. The van der Waals surface area contributed by atoms with Crippen molar-refractivity contribution in [3.63, 3.8) is 0 Å². The number of nitrogens with zero attached hydrogens (tertiary/aromatic N) is 2. The van der Waals surface area contributed by atoms with Crippen molar-refractivity contribution in [2.24, 2.45) is 11.8 Å². The number of carboxylic acids is 1. The Morgan fingerprint density at radius 1 is 1.32 bits per heavy atom. The number of piperidine rings is 1. The van der Waals surface area contributed by atoms with Crippen LogP contribution in [0.15, 0.2) is 34.9 Å². The number of hydrogen-bond acceptors (Lipinski definition) is 4. The number of likely N-dealkylation sites (tertiary alicyclic amines) is 1. The normalized spacial score (nSPS) is 20.5. The maximum absolute atomic E-state index is 12.5. The molecule has 2 atom stereocenters. The summed E-state index contributed by atoms with van der Waals surface area (Å²) in [6, 6.07) is 7.08. The highest BCUT2D eigenvalue weighted by atomic mass is 35.5. The Morgan fingerprint density at radius 3 is 2.72 bits per heavy atom. The zero-order valence-corrected chi connectivity index (χ0v) is 14.6. The Balaban J connectivity index is 1.67. The van der Waals surface area contributed by atoms with Gasteiger partial charge in [-0.25, -0.2) is 4.98 Å². The molecule has 132 valence electrons. The van der Waals surface area contributed by atoms with Gasteiger partial charge < -0.3 is 14.4 Å². The van der Waals surface area contributed by atoms with Crippen molar-refractivity contribution in [1.82, 2.24) is 9.88 Å². The molecule has 0 radical (unpaired) electrons. The van der Waals surface area contributed by atoms with Crippen LogP contribution in [0, 0.1) is 11.8 Å². The van der Waals surface area contributed by atoms with Gasteiger partial charge in [0.1, 0.15) is 6.26 Å². The van der Waals surface area contributed by atoms with Gasteiger partial charge in [0.15, 0.2) is 0 Å². The largest absolute Gasteiger partial charge is 0.481 e. The molecule has 7 heteroatoms. The molecular formula is C18H19ClN2O4. The molecule has 1 amide bonds. The van der Waals surface area contributed by atoms with Crippen molar-refractivity contribution < 1.29 is 19.1 Å². The summed E-state index contributed by atoms with van der Waals surface area (Å²) in [5, 5.41) is 9.84. The zero-order chi connectivity index (χ0) is 18.0. The Hall–Kier alpha value is -2.34. The number of benzene rings is 1. The van der Waals surface area contributed by atoms with Gasteiger partial charge in [0.2, 0.25) is 11.8 Å². The lowest BCUT2D eigenvalue weighted by Crippen LogP contribution is -2.46. The predicted molar refractivity (Wildman–Crippen MR) is 92.1 cm³/mol. The molecule has 1 aliphatic heterocycles. The third-order valence-corrected chi connectivity index (χ3v) is 4.59. The first-order valence-corrected chi connectivity index (χ1v) is 8.51. The van der Waals surface area contributed by atoms with Crippen LogP contribution in [-0.4, -0.2) is 40.0 Å². The molecule has 1 aromatic carbocycles. The summed E-state index contributed by atoms with van der Waals surface area (Å²) in [6.45, 7) is 2.79. The van der Waals surface area contributed by atoms with Gasteiger partial charge in [-0.1, -0.05) is 18.5 Å². The Labute approximate surface area is 150 Å². The van der Waals surface area contributed by atoms with Crippen LogP contribution in [0.25, 0.3) is 11.5 Å². The smallest absolute Gasteiger partial charge is 0.308 e. The molecule has 0 bridgehead atoms. The number of hydrogen-bond donors (Lipinski definition) is 1. The van der Waals surface area contributed by atoms with Crippen molar-refractivity contribution >= 4 is 23.5 Å². The van der Waals surface area contributed by atoms with E-state index >= 15 is 0 Å².